The van der Waals surface area contributed by atoms with E-state index >= 15 is 0 Å². The third kappa shape index (κ3) is 6.13. The molecule has 0 bridgehead atoms. The molecule has 0 N–H and O–H groups in total. The van der Waals surface area contributed by atoms with E-state index < -0.39 is 7.60 Å². The molecule has 0 aromatic heterocycles. The predicted molar refractivity (Wildman–Crippen MR) is 88.9 cm³/mol. The van der Waals surface area contributed by atoms with Crippen LogP contribution in [0.2, 0.25) is 5.82 Å². The molecule has 0 amide bonds. The van der Waals surface area contributed by atoms with Crippen LogP contribution in [0.25, 0.3) is 0 Å². The van der Waals surface area contributed by atoms with Gasteiger partial charge in [0.25, 0.3) is 0 Å². The normalized spacial score (nSPS) is 30.6. The number of hydrogen-bond donors (Lipinski definition) is 1. The SMILES string of the molecule is [B]C1CCC(OP(=O)(CS)OC(C)C)C(CC(C)C)C1. The first-order chi connectivity index (χ1) is 9.25. The van der Waals surface area contributed by atoms with Crippen molar-refractivity contribution in [2.75, 3.05) is 5.49 Å². The van der Waals surface area contributed by atoms with Gasteiger partial charge in [0.15, 0.2) is 0 Å². The largest absolute Gasteiger partial charge is 0.340 e. The zero-order chi connectivity index (χ0) is 15.3. The van der Waals surface area contributed by atoms with Gasteiger partial charge in [0.2, 0.25) is 0 Å². The highest BCUT2D eigenvalue weighted by molar-refractivity contribution is 7.88. The van der Waals surface area contributed by atoms with Crippen LogP contribution in [0.15, 0.2) is 0 Å². The van der Waals surface area contributed by atoms with E-state index in [2.05, 4.69) is 26.5 Å². The smallest absolute Gasteiger partial charge is 0.305 e. The molecule has 116 valence electrons. The highest BCUT2D eigenvalue weighted by Gasteiger charge is 2.36. The third-order valence-electron chi connectivity index (χ3n) is 3.57. The van der Waals surface area contributed by atoms with E-state index in [1.165, 1.54) is 0 Å². The first kappa shape index (κ1) is 18.6. The Morgan fingerprint density at radius 3 is 2.45 bits per heavy atom. The van der Waals surface area contributed by atoms with Gasteiger partial charge in [-0.25, -0.2) is 0 Å². The highest BCUT2D eigenvalue weighted by Crippen LogP contribution is 2.54. The van der Waals surface area contributed by atoms with Crippen molar-refractivity contribution >= 4 is 28.1 Å². The minimum absolute atomic E-state index is 0.0195. The minimum atomic E-state index is -3.10. The van der Waals surface area contributed by atoms with Crippen molar-refractivity contribution in [2.24, 2.45) is 11.8 Å². The standard InChI is InChI=1S/C14H28BO3PS/c1-10(2)7-12-8-13(15)5-6-14(12)18-19(16,9-20)17-11(3)4/h10-14,20H,5-9H2,1-4H3. The Balaban J connectivity index is 2.72. The quantitative estimate of drug-likeness (QED) is 0.420. The molecule has 4 atom stereocenters. The van der Waals surface area contributed by atoms with Crippen LogP contribution < -0.4 is 0 Å². The highest BCUT2D eigenvalue weighted by atomic mass is 32.1. The lowest BCUT2D eigenvalue weighted by Crippen LogP contribution is -2.31. The molecule has 1 aliphatic carbocycles. The van der Waals surface area contributed by atoms with Crippen LogP contribution in [0.1, 0.15) is 53.4 Å². The molecule has 0 aliphatic heterocycles. The van der Waals surface area contributed by atoms with Crippen LogP contribution in [0.3, 0.4) is 0 Å². The molecule has 4 unspecified atom stereocenters. The number of hydrogen-bond acceptors (Lipinski definition) is 4. The van der Waals surface area contributed by atoms with Crippen molar-refractivity contribution in [3.05, 3.63) is 0 Å². The molecule has 1 rings (SSSR count). The van der Waals surface area contributed by atoms with Gasteiger partial charge in [-0.3, -0.25) is 4.57 Å². The van der Waals surface area contributed by atoms with E-state index in [4.69, 9.17) is 16.9 Å². The Morgan fingerprint density at radius 2 is 1.95 bits per heavy atom. The van der Waals surface area contributed by atoms with Crippen LogP contribution in [0.5, 0.6) is 0 Å². The maximum absolute atomic E-state index is 12.6. The van der Waals surface area contributed by atoms with Gasteiger partial charge < -0.3 is 9.05 Å². The summed E-state index contributed by atoms with van der Waals surface area (Å²) in [5.74, 6) is 1.18. The monoisotopic (exact) mass is 318 g/mol. The predicted octanol–water partition coefficient (Wildman–Crippen LogP) is 4.68. The Labute approximate surface area is 130 Å². The maximum atomic E-state index is 12.6. The first-order valence-corrected chi connectivity index (χ1v) is 9.94. The second-order valence-corrected chi connectivity index (χ2v) is 9.29. The third-order valence-corrected chi connectivity index (χ3v) is 6.29. The molecular weight excluding hydrogens is 290 g/mol. The summed E-state index contributed by atoms with van der Waals surface area (Å²) in [6.07, 6.45) is 3.63. The van der Waals surface area contributed by atoms with Crippen LogP contribution in [-0.4, -0.2) is 25.5 Å². The van der Waals surface area contributed by atoms with Crippen LogP contribution in [0, 0.1) is 11.8 Å². The van der Waals surface area contributed by atoms with Crippen molar-refractivity contribution in [3.63, 3.8) is 0 Å². The van der Waals surface area contributed by atoms with Crippen molar-refractivity contribution in [1.82, 2.24) is 0 Å². The van der Waals surface area contributed by atoms with Crippen molar-refractivity contribution < 1.29 is 13.6 Å². The molecule has 1 fully saturated rings. The van der Waals surface area contributed by atoms with Gasteiger partial charge in [-0.2, -0.15) is 12.6 Å². The maximum Gasteiger partial charge on any atom is 0.340 e. The molecule has 2 radical (unpaired) electrons. The molecule has 1 saturated carbocycles. The summed E-state index contributed by atoms with van der Waals surface area (Å²) in [7, 11) is 2.97. The molecular formula is C14H28BO3PS. The Kier molecular flexibility index (Phi) is 7.69. The average molecular weight is 318 g/mol. The molecule has 1 aliphatic rings. The molecule has 6 heteroatoms. The lowest BCUT2D eigenvalue weighted by Gasteiger charge is -2.37. The Bertz CT molecular complexity index is 336. The fourth-order valence-corrected chi connectivity index (χ4v) is 4.80. The number of rotatable bonds is 7. The molecule has 0 spiro atoms. The lowest BCUT2D eigenvalue weighted by molar-refractivity contribution is 0.0549. The van der Waals surface area contributed by atoms with E-state index in [9.17, 15) is 4.57 Å². The van der Waals surface area contributed by atoms with E-state index in [1.807, 2.05) is 13.8 Å². The van der Waals surface area contributed by atoms with Crippen molar-refractivity contribution in [2.45, 2.75) is 71.4 Å². The Morgan fingerprint density at radius 1 is 1.30 bits per heavy atom. The first-order valence-electron chi connectivity index (χ1n) is 7.58. The van der Waals surface area contributed by atoms with Gasteiger partial charge in [0, 0.05) is 0 Å². The summed E-state index contributed by atoms with van der Waals surface area (Å²) < 4.78 is 24.0. The Hall–Kier alpha value is 0.565. The van der Waals surface area contributed by atoms with Gasteiger partial charge >= 0.3 is 7.60 Å². The molecule has 0 heterocycles. The fraction of sp³-hybridized carbons (Fsp3) is 1.00. The van der Waals surface area contributed by atoms with Crippen LogP contribution >= 0.6 is 20.2 Å². The van der Waals surface area contributed by atoms with E-state index in [0.717, 1.165) is 25.7 Å². The van der Waals surface area contributed by atoms with Gasteiger partial charge in [-0.05, 0) is 38.5 Å². The van der Waals surface area contributed by atoms with Crippen LogP contribution in [-0.2, 0) is 13.6 Å². The second-order valence-electron chi connectivity index (χ2n) is 6.51. The van der Waals surface area contributed by atoms with Gasteiger partial charge in [-0.15, -0.1) is 0 Å². The van der Waals surface area contributed by atoms with Gasteiger partial charge in [-0.1, -0.05) is 32.5 Å². The lowest BCUT2D eigenvalue weighted by atomic mass is 9.68. The molecule has 0 aromatic carbocycles. The van der Waals surface area contributed by atoms with E-state index in [1.54, 1.807) is 0 Å². The molecule has 0 aromatic rings. The van der Waals surface area contributed by atoms with Gasteiger partial charge in [0.05, 0.1) is 25.5 Å². The average Bonchev–Trinajstić information content (AvgIpc) is 2.31. The summed E-state index contributed by atoms with van der Waals surface area (Å²) in [5, 5.41) is 0. The number of thiol groups is 1. The minimum Gasteiger partial charge on any atom is -0.305 e. The zero-order valence-electron chi connectivity index (χ0n) is 13.1. The van der Waals surface area contributed by atoms with Crippen molar-refractivity contribution in [3.8, 4) is 0 Å². The topological polar surface area (TPSA) is 35.5 Å². The molecule has 20 heavy (non-hydrogen) atoms. The molecule has 3 nitrogen and oxygen atoms in total. The summed E-state index contributed by atoms with van der Waals surface area (Å²) in [4.78, 5) is 0. The van der Waals surface area contributed by atoms with Crippen molar-refractivity contribution in [1.29, 1.82) is 0 Å². The summed E-state index contributed by atoms with van der Waals surface area (Å²) in [5.41, 5.74) is 0.127. The van der Waals surface area contributed by atoms with E-state index in [-0.39, 0.29) is 23.5 Å². The fourth-order valence-electron chi connectivity index (χ4n) is 2.88. The summed E-state index contributed by atoms with van der Waals surface area (Å²) in [6.45, 7) is 8.11. The zero-order valence-corrected chi connectivity index (χ0v) is 14.9. The van der Waals surface area contributed by atoms with E-state index in [0.29, 0.717) is 11.8 Å². The molecule has 0 saturated heterocycles. The van der Waals surface area contributed by atoms with Crippen LogP contribution in [0.4, 0.5) is 0 Å². The van der Waals surface area contributed by atoms with Gasteiger partial charge in [0.1, 0.15) is 0 Å². The second kappa shape index (κ2) is 8.26. The summed E-state index contributed by atoms with van der Waals surface area (Å²) >= 11 is 4.15. The summed E-state index contributed by atoms with van der Waals surface area (Å²) in [6, 6.07) is 0.